The van der Waals surface area contributed by atoms with Crippen molar-refractivity contribution >= 4 is 40.6 Å². The Kier molecular flexibility index (Phi) is 9.71. The summed E-state index contributed by atoms with van der Waals surface area (Å²) in [6, 6.07) is 2.82. The third-order valence-electron chi connectivity index (χ3n) is 6.91. The molecule has 0 spiro atoms. The van der Waals surface area contributed by atoms with Gasteiger partial charge in [-0.3, -0.25) is 14.4 Å². The van der Waals surface area contributed by atoms with Crippen LogP contribution in [0.25, 0.3) is 0 Å². The van der Waals surface area contributed by atoms with Gasteiger partial charge in [-0.15, -0.1) is 11.6 Å². The van der Waals surface area contributed by atoms with Crippen molar-refractivity contribution in [3.63, 3.8) is 0 Å². The number of ether oxygens (including phenoxy) is 5. The van der Waals surface area contributed by atoms with Crippen molar-refractivity contribution in [3.05, 3.63) is 46.6 Å². The molecular weight excluding hydrogens is 547 g/mol. The van der Waals surface area contributed by atoms with E-state index in [0.717, 1.165) is 18.4 Å². The van der Waals surface area contributed by atoms with Gasteiger partial charge in [0.25, 0.3) is 0 Å². The minimum absolute atomic E-state index is 0.0235. The summed E-state index contributed by atoms with van der Waals surface area (Å²) in [5, 5.41) is -1.28. The van der Waals surface area contributed by atoms with Gasteiger partial charge in [0, 0.05) is 32.3 Å². The third-order valence-corrected chi connectivity index (χ3v) is 8.29. The SMILES string of the molecule is COCOc1cc(OCOC)c2c(c1)C(=O)[C@]1(C/C=C(\C)CCC=C(C)C)OC(C)(C)[C@H](Cl)C(=O)[C@]1(Cl)C2=O. The number of Topliss-reactive ketones (excluding diaryl/α,β-unsaturated/α-hetero) is 3. The molecule has 39 heavy (non-hydrogen) atoms. The predicted molar refractivity (Wildman–Crippen MR) is 148 cm³/mol. The minimum Gasteiger partial charge on any atom is -0.467 e. The molecule has 1 heterocycles. The summed E-state index contributed by atoms with van der Waals surface area (Å²) in [5.41, 5.74) is -1.40. The van der Waals surface area contributed by atoms with E-state index >= 15 is 0 Å². The number of hydrogen-bond acceptors (Lipinski definition) is 8. The zero-order valence-corrected chi connectivity index (χ0v) is 25.0. The summed E-state index contributed by atoms with van der Waals surface area (Å²) >= 11 is 13.5. The number of ketones is 3. The molecule has 0 amide bonds. The maximum atomic E-state index is 14.5. The minimum atomic E-state index is -2.42. The van der Waals surface area contributed by atoms with Crippen LogP contribution in [0.2, 0.25) is 0 Å². The monoisotopic (exact) mass is 582 g/mol. The number of alkyl halides is 2. The molecule has 1 saturated heterocycles. The van der Waals surface area contributed by atoms with Gasteiger partial charge in [-0.05, 0) is 53.5 Å². The fraction of sp³-hybridized carbons (Fsp3) is 0.552. The molecule has 0 saturated carbocycles. The molecular formula is C29H36Cl2O8. The van der Waals surface area contributed by atoms with E-state index in [1.165, 1.54) is 31.9 Å². The predicted octanol–water partition coefficient (Wildman–Crippen LogP) is 5.82. The van der Waals surface area contributed by atoms with Crippen molar-refractivity contribution in [1.82, 2.24) is 0 Å². The van der Waals surface area contributed by atoms with Crippen LogP contribution < -0.4 is 9.47 Å². The first kappa shape index (κ1) is 31.3. The molecule has 0 radical (unpaired) electrons. The molecule has 1 aromatic carbocycles. The van der Waals surface area contributed by atoms with Crippen molar-refractivity contribution in [2.45, 2.75) is 75.3 Å². The molecule has 8 nitrogen and oxygen atoms in total. The lowest BCUT2D eigenvalue weighted by Gasteiger charge is -2.55. The molecule has 0 N–H and O–H groups in total. The average molecular weight is 584 g/mol. The highest BCUT2D eigenvalue weighted by Gasteiger charge is 2.74. The number of methoxy groups -OCH3 is 2. The highest BCUT2D eigenvalue weighted by Crippen LogP contribution is 2.55. The number of benzene rings is 1. The van der Waals surface area contributed by atoms with E-state index in [-0.39, 0.29) is 42.6 Å². The van der Waals surface area contributed by atoms with Crippen molar-refractivity contribution in [2.75, 3.05) is 27.8 Å². The maximum Gasteiger partial charge on any atom is 0.203 e. The van der Waals surface area contributed by atoms with Gasteiger partial charge in [-0.2, -0.15) is 0 Å². The van der Waals surface area contributed by atoms with Gasteiger partial charge in [0.1, 0.15) is 16.9 Å². The Bertz CT molecular complexity index is 1200. The molecule has 3 atom stereocenters. The Balaban J connectivity index is 2.25. The van der Waals surface area contributed by atoms with Crippen molar-refractivity contribution in [1.29, 1.82) is 0 Å². The fourth-order valence-corrected chi connectivity index (χ4v) is 5.55. The summed E-state index contributed by atoms with van der Waals surface area (Å²) in [5.74, 6) is -2.07. The summed E-state index contributed by atoms with van der Waals surface area (Å²) in [7, 11) is 2.86. The van der Waals surface area contributed by atoms with Crippen molar-refractivity contribution in [3.8, 4) is 11.5 Å². The first-order valence-electron chi connectivity index (χ1n) is 12.6. The molecule has 2 aliphatic rings. The Morgan fingerprint density at radius 3 is 2.26 bits per heavy atom. The number of hydrogen-bond donors (Lipinski definition) is 0. The van der Waals surface area contributed by atoms with Gasteiger partial charge in [0.15, 0.2) is 36.5 Å². The number of rotatable bonds is 11. The van der Waals surface area contributed by atoms with Crippen molar-refractivity contribution < 1.29 is 38.1 Å². The van der Waals surface area contributed by atoms with Gasteiger partial charge < -0.3 is 23.7 Å². The van der Waals surface area contributed by atoms with Crippen LogP contribution in [0.15, 0.2) is 35.4 Å². The lowest BCUT2D eigenvalue weighted by Crippen LogP contribution is -2.76. The lowest BCUT2D eigenvalue weighted by molar-refractivity contribution is -0.170. The first-order chi connectivity index (χ1) is 18.3. The topological polar surface area (TPSA) is 97.4 Å². The number of halogens is 2. The molecule has 1 aromatic rings. The molecule has 0 unspecified atom stereocenters. The van der Waals surface area contributed by atoms with E-state index in [4.69, 9.17) is 46.9 Å². The number of allylic oxidation sites excluding steroid dienone is 3. The largest absolute Gasteiger partial charge is 0.467 e. The van der Waals surface area contributed by atoms with E-state index in [1.54, 1.807) is 19.9 Å². The summed E-state index contributed by atoms with van der Waals surface area (Å²) in [6.07, 6.45) is 5.32. The van der Waals surface area contributed by atoms with Crippen molar-refractivity contribution in [2.24, 2.45) is 0 Å². The van der Waals surface area contributed by atoms with E-state index < -0.39 is 38.8 Å². The third kappa shape index (κ3) is 5.68. The molecule has 3 rings (SSSR count). The zero-order chi connectivity index (χ0) is 29.2. The molecule has 1 aliphatic carbocycles. The van der Waals surface area contributed by atoms with Gasteiger partial charge >= 0.3 is 0 Å². The van der Waals surface area contributed by atoms with E-state index in [2.05, 4.69) is 6.08 Å². The van der Waals surface area contributed by atoms with Crippen LogP contribution in [0, 0.1) is 0 Å². The standard InChI is InChI=1S/C29H36Cl2O8/c1-17(2)9-8-10-18(3)11-12-28-24(32)20-13-19(37-15-35-6)14-21(38-16-36-7)22(20)25(33)29(28,31)26(34)23(30)27(4,5)39-28/h9,11,13-14,23H,8,10,12,15-16H2,1-7H3/b18-11+/t23-,28+,29-/m1/s1. The van der Waals surface area contributed by atoms with Crippen LogP contribution >= 0.6 is 23.2 Å². The van der Waals surface area contributed by atoms with E-state index in [9.17, 15) is 14.4 Å². The normalized spacial score (nSPS) is 26.1. The Morgan fingerprint density at radius 1 is 1.00 bits per heavy atom. The highest BCUT2D eigenvalue weighted by atomic mass is 35.5. The smallest absolute Gasteiger partial charge is 0.203 e. The van der Waals surface area contributed by atoms with E-state index in [0.29, 0.717) is 0 Å². The lowest BCUT2D eigenvalue weighted by atomic mass is 9.63. The number of fused-ring (bicyclic) bond motifs is 2. The van der Waals surface area contributed by atoms with E-state index in [1.807, 2.05) is 20.8 Å². The highest BCUT2D eigenvalue weighted by molar-refractivity contribution is 6.58. The van der Waals surface area contributed by atoms with Gasteiger partial charge in [0.2, 0.25) is 4.87 Å². The van der Waals surface area contributed by atoms with Gasteiger partial charge in [-0.25, -0.2) is 0 Å². The Hall–Kier alpha value is -2.23. The Labute approximate surface area is 239 Å². The molecule has 0 bridgehead atoms. The first-order valence-corrected chi connectivity index (χ1v) is 13.5. The second-order valence-electron chi connectivity index (χ2n) is 10.6. The quantitative estimate of drug-likeness (QED) is 0.139. The zero-order valence-electron chi connectivity index (χ0n) is 23.4. The second kappa shape index (κ2) is 12.1. The van der Waals surface area contributed by atoms with Crippen LogP contribution in [0.3, 0.4) is 0 Å². The van der Waals surface area contributed by atoms with Crippen LogP contribution in [0.1, 0.15) is 74.6 Å². The Morgan fingerprint density at radius 2 is 1.64 bits per heavy atom. The van der Waals surface area contributed by atoms with Gasteiger partial charge in [-0.1, -0.05) is 34.9 Å². The molecule has 1 fully saturated rings. The molecule has 10 heteroatoms. The molecule has 0 aromatic heterocycles. The number of carbonyl (C=O) groups excluding carboxylic acids is 3. The molecule has 1 aliphatic heterocycles. The average Bonchev–Trinajstić information content (AvgIpc) is 2.88. The number of carbonyl (C=O) groups is 3. The summed E-state index contributed by atoms with van der Waals surface area (Å²) in [4.78, 5) is 40.1. The second-order valence-corrected chi connectivity index (χ2v) is 11.6. The van der Waals surface area contributed by atoms with Crippen LogP contribution in [-0.4, -0.2) is 66.6 Å². The summed E-state index contributed by atoms with van der Waals surface area (Å²) < 4.78 is 27.6. The fourth-order valence-electron chi connectivity index (χ4n) is 4.88. The maximum absolute atomic E-state index is 14.5. The van der Waals surface area contributed by atoms with Crippen LogP contribution in [0.4, 0.5) is 0 Å². The summed E-state index contributed by atoms with van der Waals surface area (Å²) in [6.45, 7) is 8.82. The van der Waals surface area contributed by atoms with Crippen LogP contribution in [-0.2, 0) is 19.0 Å². The van der Waals surface area contributed by atoms with Crippen LogP contribution in [0.5, 0.6) is 11.5 Å². The van der Waals surface area contributed by atoms with Gasteiger partial charge in [0.05, 0.1) is 11.2 Å². The molecule has 214 valence electrons.